The van der Waals surface area contributed by atoms with Gasteiger partial charge in [0.1, 0.15) is 11.9 Å². The molecule has 27 heavy (non-hydrogen) atoms. The number of para-hydroxylation sites is 1. The number of nitrogens with zero attached hydrogens (tertiary/aromatic N) is 2. The SMILES string of the molecule is CN=C(NCCCOc1ccccc1C)N1CCOC(C2CCCO2)C1.I. The third-order valence-electron chi connectivity index (χ3n) is 4.94. The zero-order valence-electron chi connectivity index (χ0n) is 16.4. The van der Waals surface area contributed by atoms with Crippen LogP contribution < -0.4 is 10.1 Å². The maximum Gasteiger partial charge on any atom is 0.193 e. The molecule has 0 radical (unpaired) electrons. The third-order valence-corrected chi connectivity index (χ3v) is 4.94. The van der Waals surface area contributed by atoms with Gasteiger partial charge in [-0.25, -0.2) is 0 Å². The average molecular weight is 489 g/mol. The van der Waals surface area contributed by atoms with Gasteiger partial charge in [0.15, 0.2) is 5.96 Å². The lowest BCUT2D eigenvalue weighted by Gasteiger charge is -2.37. The molecule has 0 bridgehead atoms. The summed E-state index contributed by atoms with van der Waals surface area (Å²) < 4.78 is 17.6. The number of hydrogen-bond acceptors (Lipinski definition) is 4. The molecule has 152 valence electrons. The molecule has 2 atom stereocenters. The normalized spacial score (nSPS) is 23.0. The molecule has 2 fully saturated rings. The van der Waals surface area contributed by atoms with Crippen molar-refractivity contribution in [2.75, 3.05) is 46.5 Å². The molecule has 0 aromatic heterocycles. The Balaban J connectivity index is 0.00000261. The minimum Gasteiger partial charge on any atom is -0.493 e. The van der Waals surface area contributed by atoms with Crippen molar-refractivity contribution >= 4 is 29.9 Å². The second-order valence-electron chi connectivity index (χ2n) is 6.85. The minimum atomic E-state index is 0. The Kier molecular flexibility index (Phi) is 9.64. The van der Waals surface area contributed by atoms with Crippen molar-refractivity contribution in [1.82, 2.24) is 10.2 Å². The maximum atomic E-state index is 5.92. The minimum absolute atomic E-state index is 0. The molecule has 1 aromatic rings. The quantitative estimate of drug-likeness (QED) is 0.288. The Labute approximate surface area is 179 Å². The molecule has 2 heterocycles. The van der Waals surface area contributed by atoms with E-state index in [2.05, 4.69) is 28.2 Å². The van der Waals surface area contributed by atoms with Crippen molar-refractivity contribution < 1.29 is 14.2 Å². The molecule has 1 aromatic carbocycles. The van der Waals surface area contributed by atoms with Crippen LogP contribution in [0.3, 0.4) is 0 Å². The van der Waals surface area contributed by atoms with E-state index in [4.69, 9.17) is 14.2 Å². The van der Waals surface area contributed by atoms with Crippen molar-refractivity contribution in [3.05, 3.63) is 29.8 Å². The van der Waals surface area contributed by atoms with E-state index in [-0.39, 0.29) is 36.2 Å². The summed E-state index contributed by atoms with van der Waals surface area (Å²) in [6, 6.07) is 8.12. The number of morpholine rings is 1. The van der Waals surface area contributed by atoms with E-state index in [9.17, 15) is 0 Å². The molecule has 6 nitrogen and oxygen atoms in total. The Morgan fingerprint density at radius 1 is 1.26 bits per heavy atom. The molecule has 0 amide bonds. The number of hydrogen-bond donors (Lipinski definition) is 1. The molecule has 2 aliphatic heterocycles. The van der Waals surface area contributed by atoms with Crippen LogP contribution in [0.4, 0.5) is 0 Å². The summed E-state index contributed by atoms with van der Waals surface area (Å²) in [6.07, 6.45) is 3.54. The smallest absolute Gasteiger partial charge is 0.193 e. The number of benzene rings is 1. The molecule has 0 aliphatic carbocycles. The predicted octanol–water partition coefficient (Wildman–Crippen LogP) is 2.84. The maximum absolute atomic E-state index is 5.92. The van der Waals surface area contributed by atoms with Crippen molar-refractivity contribution in [1.29, 1.82) is 0 Å². The first-order valence-electron chi connectivity index (χ1n) is 9.65. The molecule has 3 rings (SSSR count). The highest BCUT2D eigenvalue weighted by Gasteiger charge is 2.32. The summed E-state index contributed by atoms with van der Waals surface area (Å²) in [7, 11) is 1.84. The van der Waals surface area contributed by atoms with E-state index in [0.29, 0.717) is 6.61 Å². The van der Waals surface area contributed by atoms with Crippen LogP contribution in [0, 0.1) is 6.92 Å². The lowest BCUT2D eigenvalue weighted by Crippen LogP contribution is -2.53. The van der Waals surface area contributed by atoms with E-state index in [1.807, 2.05) is 25.2 Å². The molecule has 2 unspecified atom stereocenters. The molecular weight excluding hydrogens is 457 g/mol. The number of aliphatic imine (C=N–C) groups is 1. The second-order valence-corrected chi connectivity index (χ2v) is 6.85. The Hall–Kier alpha value is -1.06. The van der Waals surface area contributed by atoms with Gasteiger partial charge in [-0.1, -0.05) is 18.2 Å². The largest absolute Gasteiger partial charge is 0.493 e. The van der Waals surface area contributed by atoms with Gasteiger partial charge in [-0.15, -0.1) is 24.0 Å². The van der Waals surface area contributed by atoms with Crippen LogP contribution in [0.2, 0.25) is 0 Å². The zero-order valence-corrected chi connectivity index (χ0v) is 18.7. The van der Waals surface area contributed by atoms with Gasteiger partial charge in [-0.05, 0) is 37.8 Å². The monoisotopic (exact) mass is 489 g/mol. The molecular formula is C20H32IN3O3. The molecule has 2 aliphatic rings. The summed E-state index contributed by atoms with van der Waals surface area (Å²) in [5.74, 6) is 1.90. The Morgan fingerprint density at radius 3 is 2.81 bits per heavy atom. The number of nitrogens with one attached hydrogen (secondary N) is 1. The first-order chi connectivity index (χ1) is 12.8. The van der Waals surface area contributed by atoms with Gasteiger partial charge in [0.05, 0.1) is 19.3 Å². The highest BCUT2D eigenvalue weighted by atomic mass is 127. The number of guanidine groups is 1. The summed E-state index contributed by atoms with van der Waals surface area (Å²) in [5.41, 5.74) is 1.17. The average Bonchev–Trinajstić information content (AvgIpc) is 3.21. The first kappa shape index (κ1) is 22.2. The molecule has 2 saturated heterocycles. The topological polar surface area (TPSA) is 55.3 Å². The first-order valence-corrected chi connectivity index (χ1v) is 9.65. The van der Waals surface area contributed by atoms with Crippen LogP contribution >= 0.6 is 24.0 Å². The van der Waals surface area contributed by atoms with Gasteiger partial charge in [0.2, 0.25) is 0 Å². The fraction of sp³-hybridized carbons (Fsp3) is 0.650. The highest BCUT2D eigenvalue weighted by molar-refractivity contribution is 14.0. The van der Waals surface area contributed by atoms with Crippen molar-refractivity contribution in [2.24, 2.45) is 4.99 Å². The van der Waals surface area contributed by atoms with E-state index < -0.39 is 0 Å². The standard InChI is InChI=1S/C20H31N3O3.HI/c1-16-7-3-4-8-17(16)24-13-6-10-22-20(21-2)23-11-14-26-19(15-23)18-9-5-12-25-18;/h3-4,7-8,18-19H,5-6,9-15H2,1-2H3,(H,21,22);1H. The van der Waals surface area contributed by atoms with Crippen LogP contribution in [0.15, 0.2) is 29.3 Å². The van der Waals surface area contributed by atoms with Gasteiger partial charge in [-0.3, -0.25) is 4.99 Å². The molecule has 1 N–H and O–H groups in total. The number of rotatable bonds is 6. The van der Waals surface area contributed by atoms with Gasteiger partial charge >= 0.3 is 0 Å². The summed E-state index contributed by atoms with van der Waals surface area (Å²) in [4.78, 5) is 6.71. The number of ether oxygens (including phenoxy) is 3. The zero-order chi connectivity index (χ0) is 18.2. The summed E-state index contributed by atoms with van der Waals surface area (Å²) in [6.45, 7) is 6.88. The molecule has 0 saturated carbocycles. The summed E-state index contributed by atoms with van der Waals surface area (Å²) in [5, 5.41) is 3.45. The fourth-order valence-corrected chi connectivity index (χ4v) is 3.49. The molecule has 7 heteroatoms. The van der Waals surface area contributed by atoms with Gasteiger partial charge < -0.3 is 24.4 Å². The van der Waals surface area contributed by atoms with Crippen LogP contribution in [-0.2, 0) is 9.47 Å². The van der Waals surface area contributed by atoms with Crippen molar-refractivity contribution in [2.45, 2.75) is 38.4 Å². The Bertz CT molecular complexity index is 594. The lowest BCUT2D eigenvalue weighted by atomic mass is 10.1. The number of aryl methyl sites for hydroxylation is 1. The second kappa shape index (κ2) is 11.7. The van der Waals surface area contributed by atoms with Crippen LogP contribution in [-0.4, -0.2) is 69.6 Å². The van der Waals surface area contributed by atoms with Crippen LogP contribution in [0.25, 0.3) is 0 Å². The Morgan fingerprint density at radius 2 is 2.07 bits per heavy atom. The van der Waals surface area contributed by atoms with Crippen LogP contribution in [0.1, 0.15) is 24.8 Å². The van der Waals surface area contributed by atoms with Gasteiger partial charge in [-0.2, -0.15) is 0 Å². The highest BCUT2D eigenvalue weighted by Crippen LogP contribution is 2.21. The fourth-order valence-electron chi connectivity index (χ4n) is 3.49. The van der Waals surface area contributed by atoms with E-state index >= 15 is 0 Å². The third kappa shape index (κ3) is 6.50. The van der Waals surface area contributed by atoms with Gasteiger partial charge in [0, 0.05) is 33.3 Å². The van der Waals surface area contributed by atoms with Crippen LogP contribution in [0.5, 0.6) is 5.75 Å². The summed E-state index contributed by atoms with van der Waals surface area (Å²) >= 11 is 0. The lowest BCUT2D eigenvalue weighted by molar-refractivity contribution is -0.0816. The van der Waals surface area contributed by atoms with E-state index in [1.165, 1.54) is 5.56 Å². The predicted molar refractivity (Wildman–Crippen MR) is 118 cm³/mol. The number of halogens is 1. The van der Waals surface area contributed by atoms with E-state index in [0.717, 1.165) is 63.8 Å². The van der Waals surface area contributed by atoms with E-state index in [1.54, 1.807) is 0 Å². The van der Waals surface area contributed by atoms with Crippen molar-refractivity contribution in [3.63, 3.8) is 0 Å². The molecule has 0 spiro atoms. The van der Waals surface area contributed by atoms with Gasteiger partial charge in [0.25, 0.3) is 0 Å². The van der Waals surface area contributed by atoms with Crippen molar-refractivity contribution in [3.8, 4) is 5.75 Å².